The van der Waals surface area contributed by atoms with Crippen LogP contribution in [0.2, 0.25) is 0 Å². The van der Waals surface area contributed by atoms with Crippen molar-refractivity contribution in [2.45, 2.75) is 25.1 Å². The summed E-state index contributed by atoms with van der Waals surface area (Å²) in [6.45, 7) is 0.152. The highest BCUT2D eigenvalue weighted by molar-refractivity contribution is 7.89. The summed E-state index contributed by atoms with van der Waals surface area (Å²) in [5.41, 5.74) is 1.05. The zero-order chi connectivity index (χ0) is 16.6. The first-order valence-electron chi connectivity index (χ1n) is 7.73. The van der Waals surface area contributed by atoms with Gasteiger partial charge in [0.25, 0.3) is 0 Å². The van der Waals surface area contributed by atoms with Gasteiger partial charge in [-0.3, -0.25) is 4.79 Å². The van der Waals surface area contributed by atoms with E-state index in [1.54, 1.807) is 0 Å². The maximum absolute atomic E-state index is 13.5. The number of carbonyl (C=O) groups excluding carboxylic acids is 1. The second-order valence-corrected chi connectivity index (χ2v) is 8.73. The van der Waals surface area contributed by atoms with Crippen molar-refractivity contribution in [3.8, 4) is 0 Å². The summed E-state index contributed by atoms with van der Waals surface area (Å²) in [7, 11) is -3.22. The first kappa shape index (κ1) is 16.2. The van der Waals surface area contributed by atoms with Gasteiger partial charge in [-0.05, 0) is 47.9 Å². The molecule has 1 amide bonds. The molecule has 1 N–H and O–H groups in total. The van der Waals surface area contributed by atoms with Crippen LogP contribution in [0.25, 0.3) is 0 Å². The van der Waals surface area contributed by atoms with Crippen LogP contribution in [-0.2, 0) is 26.9 Å². The average Bonchev–Trinajstić information content (AvgIpc) is 3.08. The second-order valence-electron chi connectivity index (χ2n) is 6.59. The Morgan fingerprint density at radius 3 is 2.65 bits per heavy atom. The Kier molecular flexibility index (Phi) is 4.27. The average molecular weight is 337 g/mol. The molecular formula is C17H20FNO3S. The molecule has 0 radical (unpaired) electrons. The Labute approximate surface area is 135 Å². The van der Waals surface area contributed by atoms with Gasteiger partial charge in [-0.15, -0.1) is 0 Å². The van der Waals surface area contributed by atoms with E-state index in [-0.39, 0.29) is 24.1 Å². The number of hydrogen-bond acceptors (Lipinski definition) is 3. The van der Waals surface area contributed by atoms with Crippen LogP contribution in [0, 0.1) is 23.6 Å². The molecule has 0 aliphatic heterocycles. The topological polar surface area (TPSA) is 63.2 Å². The molecule has 6 heteroatoms. The summed E-state index contributed by atoms with van der Waals surface area (Å²) < 4.78 is 36.4. The van der Waals surface area contributed by atoms with Crippen LogP contribution in [0.1, 0.15) is 24.0 Å². The molecule has 0 aromatic heterocycles. The number of halogens is 1. The monoisotopic (exact) mass is 337 g/mol. The minimum absolute atomic E-state index is 0.0167. The molecule has 2 aliphatic carbocycles. The number of nitrogens with one attached hydrogen (secondary N) is 1. The molecular weight excluding hydrogens is 317 g/mol. The summed E-state index contributed by atoms with van der Waals surface area (Å²) >= 11 is 0. The highest BCUT2D eigenvalue weighted by Gasteiger charge is 2.39. The number of carbonyl (C=O) groups is 1. The third kappa shape index (κ3) is 3.80. The van der Waals surface area contributed by atoms with Gasteiger partial charge in [0.1, 0.15) is 5.82 Å². The zero-order valence-corrected chi connectivity index (χ0v) is 13.8. The van der Waals surface area contributed by atoms with Crippen LogP contribution in [-0.4, -0.2) is 20.6 Å². The van der Waals surface area contributed by atoms with E-state index in [4.69, 9.17) is 0 Å². The molecule has 23 heavy (non-hydrogen) atoms. The maximum atomic E-state index is 13.5. The SMILES string of the molecule is CS(=O)(=O)Cc1ccc(F)cc1CNC(=O)[C@@H]1C[C@H]2C=C[C@H]1C2. The quantitative estimate of drug-likeness (QED) is 0.838. The number of amides is 1. The van der Waals surface area contributed by atoms with Crippen LogP contribution in [0.5, 0.6) is 0 Å². The van der Waals surface area contributed by atoms with Crippen LogP contribution >= 0.6 is 0 Å². The van der Waals surface area contributed by atoms with Gasteiger partial charge in [-0.25, -0.2) is 12.8 Å². The van der Waals surface area contributed by atoms with Crippen LogP contribution < -0.4 is 5.32 Å². The van der Waals surface area contributed by atoms with Gasteiger partial charge in [0, 0.05) is 18.7 Å². The summed E-state index contributed by atoms with van der Waals surface area (Å²) in [5, 5.41) is 2.84. The van der Waals surface area contributed by atoms with Crippen molar-refractivity contribution in [3.63, 3.8) is 0 Å². The molecule has 1 saturated carbocycles. The molecule has 0 saturated heterocycles. The number of fused-ring (bicyclic) bond motifs is 2. The third-order valence-electron chi connectivity index (χ3n) is 4.65. The minimum atomic E-state index is -3.22. The Hall–Kier alpha value is -1.69. The van der Waals surface area contributed by atoms with E-state index in [1.165, 1.54) is 18.2 Å². The fourth-order valence-corrected chi connectivity index (χ4v) is 4.42. The lowest BCUT2D eigenvalue weighted by molar-refractivity contribution is -0.125. The van der Waals surface area contributed by atoms with Gasteiger partial charge in [-0.2, -0.15) is 0 Å². The molecule has 2 bridgehead atoms. The molecule has 1 aromatic rings. The van der Waals surface area contributed by atoms with E-state index in [1.807, 2.05) is 0 Å². The summed E-state index contributed by atoms with van der Waals surface area (Å²) in [4.78, 5) is 12.3. The van der Waals surface area contributed by atoms with E-state index in [9.17, 15) is 17.6 Å². The number of benzene rings is 1. The van der Waals surface area contributed by atoms with Gasteiger partial charge in [0.05, 0.1) is 5.75 Å². The molecule has 3 atom stereocenters. The molecule has 0 spiro atoms. The minimum Gasteiger partial charge on any atom is -0.352 e. The van der Waals surface area contributed by atoms with E-state index in [0.717, 1.165) is 19.1 Å². The molecule has 4 nitrogen and oxygen atoms in total. The lowest BCUT2D eigenvalue weighted by Crippen LogP contribution is -2.32. The fourth-order valence-electron chi connectivity index (χ4n) is 3.58. The number of allylic oxidation sites excluding steroid dienone is 2. The molecule has 2 aliphatic rings. The van der Waals surface area contributed by atoms with Crippen molar-refractivity contribution in [2.75, 3.05) is 6.26 Å². The molecule has 124 valence electrons. The standard InChI is InChI=1S/C17H20FNO3S/c1-23(21,22)10-13-4-5-15(18)8-14(13)9-19-17(20)16-7-11-2-3-12(16)6-11/h2-5,8,11-12,16H,6-7,9-10H2,1H3,(H,19,20)/t11-,12-,16+/m0/s1. The molecule has 1 fully saturated rings. The van der Waals surface area contributed by atoms with Crippen molar-refractivity contribution < 1.29 is 17.6 Å². The van der Waals surface area contributed by atoms with Crippen LogP contribution in [0.4, 0.5) is 4.39 Å². The molecule has 0 unspecified atom stereocenters. The van der Waals surface area contributed by atoms with Crippen LogP contribution in [0.3, 0.4) is 0 Å². The summed E-state index contributed by atoms with van der Waals surface area (Å²) in [5.74, 6) is 0.173. The fraction of sp³-hybridized carbons (Fsp3) is 0.471. The van der Waals surface area contributed by atoms with Gasteiger partial charge >= 0.3 is 0 Å². The Morgan fingerprint density at radius 1 is 1.26 bits per heavy atom. The smallest absolute Gasteiger partial charge is 0.223 e. The highest BCUT2D eigenvalue weighted by atomic mass is 32.2. The zero-order valence-electron chi connectivity index (χ0n) is 13.0. The van der Waals surface area contributed by atoms with Gasteiger partial charge < -0.3 is 5.32 Å². The van der Waals surface area contributed by atoms with E-state index < -0.39 is 15.7 Å². The lowest BCUT2D eigenvalue weighted by atomic mass is 9.92. The van der Waals surface area contributed by atoms with Crippen molar-refractivity contribution in [3.05, 3.63) is 47.3 Å². The normalized spacial score (nSPS) is 25.7. The van der Waals surface area contributed by atoms with Gasteiger partial charge in [0.2, 0.25) is 5.91 Å². The predicted molar refractivity (Wildman–Crippen MR) is 85.6 cm³/mol. The number of sulfone groups is 1. The van der Waals surface area contributed by atoms with Crippen molar-refractivity contribution in [2.24, 2.45) is 17.8 Å². The Balaban J connectivity index is 1.69. The second kappa shape index (κ2) is 6.07. The van der Waals surface area contributed by atoms with E-state index in [2.05, 4.69) is 17.5 Å². The maximum Gasteiger partial charge on any atom is 0.223 e. The lowest BCUT2D eigenvalue weighted by Gasteiger charge is -2.18. The number of rotatable bonds is 5. The van der Waals surface area contributed by atoms with Gasteiger partial charge in [-0.1, -0.05) is 18.2 Å². The van der Waals surface area contributed by atoms with Crippen molar-refractivity contribution >= 4 is 15.7 Å². The van der Waals surface area contributed by atoms with Gasteiger partial charge in [0.15, 0.2) is 9.84 Å². The summed E-state index contributed by atoms with van der Waals surface area (Å²) in [6.07, 6.45) is 7.32. The molecule has 1 aromatic carbocycles. The molecule has 3 rings (SSSR count). The highest BCUT2D eigenvalue weighted by Crippen LogP contribution is 2.43. The van der Waals surface area contributed by atoms with Crippen LogP contribution in [0.15, 0.2) is 30.4 Å². The van der Waals surface area contributed by atoms with E-state index in [0.29, 0.717) is 23.0 Å². The predicted octanol–water partition coefficient (Wildman–Crippen LogP) is 2.20. The Morgan fingerprint density at radius 2 is 2.04 bits per heavy atom. The summed E-state index contributed by atoms with van der Waals surface area (Å²) in [6, 6.07) is 4.01. The molecule has 0 heterocycles. The third-order valence-corrected chi connectivity index (χ3v) is 5.49. The Bertz CT molecular complexity index is 757. The first-order valence-corrected chi connectivity index (χ1v) is 9.79. The van der Waals surface area contributed by atoms with E-state index >= 15 is 0 Å². The first-order chi connectivity index (χ1) is 10.8. The number of hydrogen-bond donors (Lipinski definition) is 1. The van der Waals surface area contributed by atoms with Crippen molar-refractivity contribution in [1.82, 2.24) is 5.32 Å². The largest absolute Gasteiger partial charge is 0.352 e. The van der Waals surface area contributed by atoms with Crippen molar-refractivity contribution in [1.29, 1.82) is 0 Å².